The second-order valence-corrected chi connectivity index (χ2v) is 5.86. The van der Waals surface area contributed by atoms with Crippen LogP contribution in [0.4, 0.5) is 0 Å². The maximum Gasteiger partial charge on any atom is 0.180 e. The SMILES string of the molecule is CCNC1CS(=O)(=O)c2c(C)cccc21. The molecule has 0 saturated heterocycles. The van der Waals surface area contributed by atoms with Gasteiger partial charge in [-0.25, -0.2) is 8.42 Å². The highest BCUT2D eigenvalue weighted by atomic mass is 32.2. The largest absolute Gasteiger partial charge is 0.309 e. The van der Waals surface area contributed by atoms with Crippen molar-refractivity contribution in [1.29, 1.82) is 0 Å². The van der Waals surface area contributed by atoms with Crippen LogP contribution in [-0.2, 0) is 9.84 Å². The molecule has 0 spiro atoms. The Hall–Kier alpha value is -0.870. The Labute approximate surface area is 90.4 Å². The van der Waals surface area contributed by atoms with Crippen molar-refractivity contribution in [2.45, 2.75) is 24.8 Å². The monoisotopic (exact) mass is 225 g/mol. The average Bonchev–Trinajstić information content (AvgIpc) is 2.40. The lowest BCUT2D eigenvalue weighted by molar-refractivity contribution is 0.579. The third-order valence-electron chi connectivity index (χ3n) is 2.77. The van der Waals surface area contributed by atoms with Crippen LogP contribution >= 0.6 is 0 Å². The third-order valence-corrected chi connectivity index (χ3v) is 4.72. The predicted molar refractivity (Wildman–Crippen MR) is 59.6 cm³/mol. The summed E-state index contributed by atoms with van der Waals surface area (Å²) in [5, 5.41) is 3.20. The van der Waals surface area contributed by atoms with Crippen molar-refractivity contribution < 1.29 is 8.42 Å². The number of hydrogen-bond donors (Lipinski definition) is 1. The molecule has 1 aromatic carbocycles. The van der Waals surface area contributed by atoms with Gasteiger partial charge in [-0.2, -0.15) is 0 Å². The van der Waals surface area contributed by atoms with Gasteiger partial charge in [-0.05, 0) is 24.6 Å². The van der Waals surface area contributed by atoms with Gasteiger partial charge in [0.15, 0.2) is 9.84 Å². The number of rotatable bonds is 2. The molecule has 0 bridgehead atoms. The van der Waals surface area contributed by atoms with Crippen LogP contribution < -0.4 is 5.32 Å². The zero-order chi connectivity index (χ0) is 11.1. The van der Waals surface area contributed by atoms with Gasteiger partial charge in [-0.3, -0.25) is 0 Å². The molecule has 1 aromatic rings. The molecule has 0 radical (unpaired) electrons. The van der Waals surface area contributed by atoms with E-state index in [1.165, 1.54) is 0 Å². The molecule has 1 heterocycles. The molecule has 1 N–H and O–H groups in total. The van der Waals surface area contributed by atoms with E-state index in [-0.39, 0.29) is 11.8 Å². The Morgan fingerprint density at radius 2 is 2.20 bits per heavy atom. The Morgan fingerprint density at radius 1 is 1.47 bits per heavy atom. The number of aryl methyl sites for hydroxylation is 1. The highest BCUT2D eigenvalue weighted by Crippen LogP contribution is 2.35. The van der Waals surface area contributed by atoms with Gasteiger partial charge in [-0.1, -0.05) is 25.1 Å². The highest BCUT2D eigenvalue weighted by Gasteiger charge is 2.35. The molecule has 1 aliphatic heterocycles. The first-order chi connectivity index (χ1) is 7.06. The van der Waals surface area contributed by atoms with Crippen molar-refractivity contribution in [3.05, 3.63) is 29.3 Å². The fourth-order valence-electron chi connectivity index (χ4n) is 2.18. The fourth-order valence-corrected chi connectivity index (χ4v) is 4.21. The fraction of sp³-hybridized carbons (Fsp3) is 0.455. The molecule has 0 amide bonds. The zero-order valence-corrected chi connectivity index (χ0v) is 9.76. The van der Waals surface area contributed by atoms with Crippen molar-refractivity contribution in [3.63, 3.8) is 0 Å². The number of nitrogens with one attached hydrogen (secondary N) is 1. The van der Waals surface area contributed by atoms with Crippen molar-refractivity contribution in [2.75, 3.05) is 12.3 Å². The summed E-state index contributed by atoms with van der Waals surface area (Å²) in [6.45, 7) is 4.62. The molecule has 4 heteroatoms. The summed E-state index contributed by atoms with van der Waals surface area (Å²) in [5.74, 6) is 0.195. The number of benzene rings is 1. The summed E-state index contributed by atoms with van der Waals surface area (Å²) < 4.78 is 23.8. The first-order valence-corrected chi connectivity index (χ1v) is 6.77. The molecule has 0 aliphatic carbocycles. The van der Waals surface area contributed by atoms with Crippen LogP contribution in [0.5, 0.6) is 0 Å². The van der Waals surface area contributed by atoms with Gasteiger partial charge in [0.2, 0.25) is 0 Å². The number of fused-ring (bicyclic) bond motifs is 1. The number of hydrogen-bond acceptors (Lipinski definition) is 3. The second kappa shape index (κ2) is 3.61. The maximum atomic E-state index is 11.9. The van der Waals surface area contributed by atoms with E-state index in [2.05, 4.69) is 5.32 Å². The zero-order valence-electron chi connectivity index (χ0n) is 8.95. The lowest BCUT2D eigenvalue weighted by Gasteiger charge is -2.10. The molecule has 15 heavy (non-hydrogen) atoms. The van der Waals surface area contributed by atoms with Gasteiger partial charge in [-0.15, -0.1) is 0 Å². The number of sulfone groups is 1. The third kappa shape index (κ3) is 1.68. The Kier molecular flexibility index (Phi) is 2.56. The molecule has 1 unspecified atom stereocenters. The highest BCUT2D eigenvalue weighted by molar-refractivity contribution is 7.91. The van der Waals surface area contributed by atoms with Crippen molar-refractivity contribution in [3.8, 4) is 0 Å². The van der Waals surface area contributed by atoms with Gasteiger partial charge >= 0.3 is 0 Å². The summed E-state index contributed by atoms with van der Waals surface area (Å²) in [6, 6.07) is 5.64. The molecule has 0 saturated carbocycles. The van der Waals surface area contributed by atoms with E-state index < -0.39 is 9.84 Å². The molecule has 1 atom stereocenters. The van der Waals surface area contributed by atoms with Gasteiger partial charge in [0.1, 0.15) is 0 Å². The Morgan fingerprint density at radius 3 is 2.87 bits per heavy atom. The molecular formula is C11H15NO2S. The second-order valence-electron chi connectivity index (χ2n) is 3.88. The van der Waals surface area contributed by atoms with E-state index in [0.717, 1.165) is 17.7 Å². The minimum absolute atomic E-state index is 0.0325. The van der Waals surface area contributed by atoms with E-state index in [1.54, 1.807) is 0 Å². The molecule has 82 valence electrons. The molecule has 0 aromatic heterocycles. The first kappa shape index (κ1) is 10.6. The van der Waals surface area contributed by atoms with Gasteiger partial charge in [0.25, 0.3) is 0 Å². The smallest absolute Gasteiger partial charge is 0.180 e. The molecule has 3 nitrogen and oxygen atoms in total. The molecular weight excluding hydrogens is 210 g/mol. The first-order valence-electron chi connectivity index (χ1n) is 5.12. The van der Waals surface area contributed by atoms with Crippen molar-refractivity contribution in [2.24, 2.45) is 0 Å². The van der Waals surface area contributed by atoms with Gasteiger partial charge in [0, 0.05) is 6.04 Å². The van der Waals surface area contributed by atoms with E-state index >= 15 is 0 Å². The van der Waals surface area contributed by atoms with Gasteiger partial charge in [0.05, 0.1) is 10.6 Å². The van der Waals surface area contributed by atoms with E-state index in [9.17, 15) is 8.42 Å². The minimum atomic E-state index is -3.07. The standard InChI is InChI=1S/C11H15NO2S/c1-3-12-10-7-15(13,14)11-8(2)5-4-6-9(10)11/h4-6,10,12H,3,7H2,1-2H3. The van der Waals surface area contributed by atoms with Crippen molar-refractivity contribution in [1.82, 2.24) is 5.32 Å². The molecule has 0 fully saturated rings. The van der Waals surface area contributed by atoms with Crippen molar-refractivity contribution >= 4 is 9.84 Å². The predicted octanol–water partition coefficient (Wildman–Crippen LogP) is 1.43. The summed E-state index contributed by atoms with van der Waals surface area (Å²) in [6.07, 6.45) is 0. The van der Waals surface area contributed by atoms with Crippen LogP contribution in [0.1, 0.15) is 24.1 Å². The quantitative estimate of drug-likeness (QED) is 0.828. The summed E-state index contributed by atoms with van der Waals surface area (Å²) >= 11 is 0. The van der Waals surface area contributed by atoms with Crippen LogP contribution in [0.15, 0.2) is 23.1 Å². The van der Waals surface area contributed by atoms with Crippen LogP contribution in [0.25, 0.3) is 0 Å². The summed E-state index contributed by atoms with van der Waals surface area (Å²) in [4.78, 5) is 0.538. The van der Waals surface area contributed by atoms with Gasteiger partial charge < -0.3 is 5.32 Å². The van der Waals surface area contributed by atoms with E-state index in [0.29, 0.717) is 4.90 Å². The lowest BCUT2D eigenvalue weighted by atomic mass is 10.1. The Bertz CT molecular complexity index is 479. The summed E-state index contributed by atoms with van der Waals surface area (Å²) in [7, 11) is -3.07. The topological polar surface area (TPSA) is 46.2 Å². The average molecular weight is 225 g/mol. The van der Waals surface area contributed by atoms with Crippen LogP contribution in [0, 0.1) is 6.92 Å². The van der Waals surface area contributed by atoms with E-state index in [4.69, 9.17) is 0 Å². The molecule has 2 rings (SSSR count). The minimum Gasteiger partial charge on any atom is -0.309 e. The maximum absolute atomic E-state index is 11.9. The van der Waals surface area contributed by atoms with Crippen LogP contribution in [0.2, 0.25) is 0 Å². The summed E-state index contributed by atoms with van der Waals surface area (Å²) in [5.41, 5.74) is 1.78. The van der Waals surface area contributed by atoms with E-state index in [1.807, 2.05) is 32.0 Å². The molecule has 1 aliphatic rings. The lowest BCUT2D eigenvalue weighted by Crippen LogP contribution is -2.22. The normalized spacial score (nSPS) is 22.7. The van der Waals surface area contributed by atoms with Crippen LogP contribution in [0.3, 0.4) is 0 Å². The Balaban J connectivity index is 2.58. The van der Waals surface area contributed by atoms with Crippen LogP contribution in [-0.4, -0.2) is 20.7 Å².